The van der Waals surface area contributed by atoms with Crippen molar-refractivity contribution in [3.8, 4) is 0 Å². The Morgan fingerprint density at radius 2 is 1.76 bits per heavy atom. The van der Waals surface area contributed by atoms with E-state index in [1.165, 1.54) is 36.4 Å². The molecule has 0 spiro atoms. The van der Waals surface area contributed by atoms with E-state index in [1.54, 1.807) is 13.0 Å². The van der Waals surface area contributed by atoms with Crippen LogP contribution >= 0.6 is 23.2 Å². The van der Waals surface area contributed by atoms with E-state index in [2.05, 4.69) is 0 Å². The smallest absolute Gasteiger partial charge is 0.399 e. The van der Waals surface area contributed by atoms with Gasteiger partial charge in [-0.25, -0.2) is 4.79 Å². The maximum absolute atomic E-state index is 13.4. The van der Waals surface area contributed by atoms with E-state index in [0.717, 1.165) is 6.08 Å². The molecule has 2 aromatic rings. The standard InChI is InChI=1S/C18H13Cl2F3O2/c1-10-11(3-2-4-15(10)17(24)25)5-6-16(18(21,22)23)12-7-13(19)9-14(20)8-12/h2-9,16H,1H3,(H,24,25)/b6-5+. The second-order valence-corrected chi connectivity index (χ2v) is 6.28. The Morgan fingerprint density at radius 1 is 1.16 bits per heavy atom. The summed E-state index contributed by atoms with van der Waals surface area (Å²) >= 11 is 11.6. The number of hydrogen-bond acceptors (Lipinski definition) is 1. The SMILES string of the molecule is Cc1c(/C=C/C(c2cc(Cl)cc(Cl)c2)C(F)(F)F)cccc1C(=O)O. The van der Waals surface area contributed by atoms with Crippen LogP contribution in [-0.2, 0) is 0 Å². The van der Waals surface area contributed by atoms with Gasteiger partial charge in [0, 0.05) is 10.0 Å². The summed E-state index contributed by atoms with van der Waals surface area (Å²) in [7, 11) is 0. The van der Waals surface area contributed by atoms with Gasteiger partial charge in [-0.3, -0.25) is 0 Å². The van der Waals surface area contributed by atoms with Gasteiger partial charge in [0.2, 0.25) is 0 Å². The van der Waals surface area contributed by atoms with Gasteiger partial charge in [0.1, 0.15) is 0 Å². The molecule has 25 heavy (non-hydrogen) atoms. The van der Waals surface area contributed by atoms with Crippen molar-refractivity contribution in [2.24, 2.45) is 0 Å². The van der Waals surface area contributed by atoms with Crippen LogP contribution in [0.5, 0.6) is 0 Å². The van der Waals surface area contributed by atoms with E-state index >= 15 is 0 Å². The van der Waals surface area contributed by atoms with Crippen LogP contribution in [0.4, 0.5) is 13.2 Å². The Bertz CT molecular complexity index is 809. The zero-order valence-electron chi connectivity index (χ0n) is 12.9. The van der Waals surface area contributed by atoms with Crippen molar-refractivity contribution in [1.82, 2.24) is 0 Å². The summed E-state index contributed by atoms with van der Waals surface area (Å²) < 4.78 is 40.3. The number of benzene rings is 2. The van der Waals surface area contributed by atoms with E-state index < -0.39 is 18.1 Å². The molecule has 2 nitrogen and oxygen atoms in total. The zero-order valence-corrected chi connectivity index (χ0v) is 14.5. The van der Waals surface area contributed by atoms with Gasteiger partial charge in [0.15, 0.2) is 0 Å². The van der Waals surface area contributed by atoms with Crippen molar-refractivity contribution in [3.05, 3.63) is 74.8 Å². The second-order valence-electron chi connectivity index (χ2n) is 5.41. The number of alkyl halides is 3. The molecule has 0 aliphatic heterocycles. The minimum Gasteiger partial charge on any atom is -0.478 e. The molecule has 1 unspecified atom stereocenters. The van der Waals surface area contributed by atoms with Crippen LogP contribution in [0.2, 0.25) is 10.0 Å². The summed E-state index contributed by atoms with van der Waals surface area (Å²) in [5, 5.41) is 9.31. The van der Waals surface area contributed by atoms with Crippen molar-refractivity contribution in [3.63, 3.8) is 0 Å². The highest BCUT2D eigenvalue weighted by atomic mass is 35.5. The maximum Gasteiger partial charge on any atom is 0.399 e. The lowest BCUT2D eigenvalue weighted by atomic mass is 9.95. The summed E-state index contributed by atoms with van der Waals surface area (Å²) in [6.45, 7) is 1.54. The van der Waals surface area contributed by atoms with Gasteiger partial charge in [-0.05, 0) is 47.9 Å². The fourth-order valence-electron chi connectivity index (χ4n) is 2.43. The normalized spacial score (nSPS) is 13.2. The lowest BCUT2D eigenvalue weighted by Crippen LogP contribution is -2.19. The minimum absolute atomic E-state index is 0.0384. The summed E-state index contributed by atoms with van der Waals surface area (Å²) in [5.74, 6) is -3.06. The second kappa shape index (κ2) is 7.50. The Hall–Kier alpha value is -1.98. The van der Waals surface area contributed by atoms with Crippen LogP contribution in [-0.4, -0.2) is 17.3 Å². The topological polar surface area (TPSA) is 37.3 Å². The maximum atomic E-state index is 13.4. The van der Waals surface area contributed by atoms with Crippen molar-refractivity contribution < 1.29 is 23.1 Å². The van der Waals surface area contributed by atoms with E-state index in [9.17, 15) is 18.0 Å². The average molecular weight is 389 g/mol. The van der Waals surface area contributed by atoms with E-state index in [0.29, 0.717) is 11.1 Å². The first kappa shape index (κ1) is 19.3. The van der Waals surface area contributed by atoms with Crippen molar-refractivity contribution in [2.75, 3.05) is 0 Å². The summed E-state index contributed by atoms with van der Waals surface area (Å²) in [5.41, 5.74) is 0.725. The van der Waals surface area contributed by atoms with Gasteiger partial charge >= 0.3 is 12.1 Å². The Kier molecular flexibility index (Phi) is 5.80. The number of carboxylic acids is 1. The molecular formula is C18H13Cl2F3O2. The van der Waals surface area contributed by atoms with Crippen LogP contribution in [0.3, 0.4) is 0 Å². The minimum atomic E-state index is -4.55. The van der Waals surface area contributed by atoms with Crippen LogP contribution in [0.1, 0.15) is 33.0 Å². The molecule has 0 radical (unpaired) electrons. The molecule has 132 valence electrons. The van der Waals surface area contributed by atoms with Gasteiger partial charge < -0.3 is 5.11 Å². The third-order valence-corrected chi connectivity index (χ3v) is 4.11. The predicted molar refractivity (Wildman–Crippen MR) is 92.4 cm³/mol. The van der Waals surface area contributed by atoms with Crippen LogP contribution in [0.15, 0.2) is 42.5 Å². The lowest BCUT2D eigenvalue weighted by Gasteiger charge is -2.18. The summed E-state index contributed by atoms with van der Waals surface area (Å²) in [6, 6.07) is 8.19. The summed E-state index contributed by atoms with van der Waals surface area (Å²) in [6.07, 6.45) is -2.33. The highest BCUT2D eigenvalue weighted by molar-refractivity contribution is 6.34. The van der Waals surface area contributed by atoms with E-state index in [4.69, 9.17) is 28.3 Å². The number of carboxylic acid groups (broad SMARTS) is 1. The molecule has 0 aromatic heterocycles. The van der Waals surface area contributed by atoms with E-state index in [1.807, 2.05) is 0 Å². The molecule has 7 heteroatoms. The molecule has 0 bridgehead atoms. The molecule has 0 saturated heterocycles. The first-order valence-corrected chi connectivity index (χ1v) is 7.89. The first-order chi connectivity index (χ1) is 11.6. The molecule has 0 saturated carbocycles. The molecule has 0 heterocycles. The molecule has 0 aliphatic carbocycles. The zero-order chi connectivity index (χ0) is 18.8. The third-order valence-electron chi connectivity index (χ3n) is 3.67. The molecule has 0 amide bonds. The number of aromatic carboxylic acids is 1. The first-order valence-electron chi connectivity index (χ1n) is 7.13. The number of hydrogen-bond donors (Lipinski definition) is 1. The molecule has 1 atom stereocenters. The molecule has 0 aliphatic rings. The van der Waals surface area contributed by atoms with Crippen molar-refractivity contribution in [2.45, 2.75) is 19.0 Å². The molecular weight excluding hydrogens is 376 g/mol. The summed E-state index contributed by atoms with van der Waals surface area (Å²) in [4.78, 5) is 11.1. The molecule has 2 rings (SSSR count). The van der Waals surface area contributed by atoms with Crippen LogP contribution < -0.4 is 0 Å². The molecule has 0 fully saturated rings. The molecule has 2 aromatic carbocycles. The molecule has 1 N–H and O–H groups in total. The van der Waals surface area contributed by atoms with Gasteiger partial charge in [-0.2, -0.15) is 13.2 Å². The van der Waals surface area contributed by atoms with E-state index in [-0.39, 0.29) is 21.2 Å². The Balaban J connectivity index is 2.47. The fraction of sp³-hybridized carbons (Fsp3) is 0.167. The van der Waals surface area contributed by atoms with Gasteiger partial charge in [-0.1, -0.05) is 47.5 Å². The average Bonchev–Trinajstić information content (AvgIpc) is 2.46. The van der Waals surface area contributed by atoms with Crippen molar-refractivity contribution >= 4 is 35.2 Å². The number of allylic oxidation sites excluding steroid dienone is 1. The number of halogens is 5. The fourth-order valence-corrected chi connectivity index (χ4v) is 2.97. The van der Waals surface area contributed by atoms with Gasteiger partial charge in [0.05, 0.1) is 11.5 Å². The highest BCUT2D eigenvalue weighted by Crippen LogP contribution is 2.38. The lowest BCUT2D eigenvalue weighted by molar-refractivity contribution is -0.139. The third kappa shape index (κ3) is 4.77. The van der Waals surface area contributed by atoms with Crippen molar-refractivity contribution in [1.29, 1.82) is 0 Å². The Morgan fingerprint density at radius 3 is 2.28 bits per heavy atom. The predicted octanol–water partition coefficient (Wildman–Crippen LogP) is 6.36. The number of carbonyl (C=O) groups is 1. The van der Waals surface area contributed by atoms with Gasteiger partial charge in [-0.15, -0.1) is 0 Å². The quantitative estimate of drug-likeness (QED) is 0.661. The van der Waals surface area contributed by atoms with Crippen LogP contribution in [0, 0.1) is 6.92 Å². The monoisotopic (exact) mass is 388 g/mol. The largest absolute Gasteiger partial charge is 0.478 e. The Labute approximate surface area is 152 Å². The highest BCUT2D eigenvalue weighted by Gasteiger charge is 2.39. The number of rotatable bonds is 4. The van der Waals surface area contributed by atoms with Crippen LogP contribution in [0.25, 0.3) is 6.08 Å². The van der Waals surface area contributed by atoms with Gasteiger partial charge in [0.25, 0.3) is 0 Å².